The van der Waals surface area contributed by atoms with E-state index in [0.29, 0.717) is 37.0 Å². The topological polar surface area (TPSA) is 110 Å². The molecule has 3 fully saturated rings. The lowest BCUT2D eigenvalue weighted by Gasteiger charge is -2.30. The van der Waals surface area contributed by atoms with Crippen LogP contribution in [0.1, 0.15) is 84.9 Å². The number of aromatic hydroxyl groups is 1. The smallest absolute Gasteiger partial charge is 0.257 e. The second-order valence-corrected chi connectivity index (χ2v) is 11.9. The number of carbonyl (C=O) groups is 2. The molecule has 39 heavy (non-hydrogen) atoms. The first-order valence-electron chi connectivity index (χ1n) is 14.0. The van der Waals surface area contributed by atoms with E-state index in [9.17, 15) is 19.1 Å². The molecule has 5 rings (SSSR count). The lowest BCUT2D eigenvalue weighted by molar-refractivity contribution is 0.0882. The first-order valence-corrected chi connectivity index (χ1v) is 15.1. The number of carbonyl (C=O) groups excluding carboxylic acids is 2. The van der Waals surface area contributed by atoms with Crippen LogP contribution in [0.2, 0.25) is 0 Å². The first kappa shape index (κ1) is 27.6. The van der Waals surface area contributed by atoms with Gasteiger partial charge in [0.2, 0.25) is 5.88 Å². The molecule has 2 heterocycles. The minimum atomic E-state index is -0.580. The van der Waals surface area contributed by atoms with Gasteiger partial charge in [0.05, 0.1) is 17.9 Å². The number of nitrogens with one attached hydrogen (secondary N) is 2. The van der Waals surface area contributed by atoms with Gasteiger partial charge in [0.15, 0.2) is 0 Å². The molecule has 1 aliphatic heterocycles. The maximum atomic E-state index is 14.0. The number of halogens is 1. The second-order valence-electron chi connectivity index (χ2n) is 10.6. The number of thioether (sulfide) groups is 1. The Hall–Kier alpha value is -3.01. The third-order valence-corrected chi connectivity index (χ3v) is 8.76. The Kier molecular flexibility index (Phi) is 9.11. The van der Waals surface area contributed by atoms with Crippen LogP contribution in [-0.4, -0.2) is 57.7 Å². The van der Waals surface area contributed by atoms with Gasteiger partial charge in [-0.2, -0.15) is 11.8 Å². The van der Waals surface area contributed by atoms with Crippen molar-refractivity contribution in [2.24, 2.45) is 0 Å². The van der Waals surface area contributed by atoms with E-state index in [1.165, 1.54) is 18.2 Å². The Labute approximate surface area is 232 Å². The van der Waals surface area contributed by atoms with Gasteiger partial charge in [0, 0.05) is 18.2 Å². The number of hydrogen-bond acceptors (Lipinski definition) is 7. The van der Waals surface area contributed by atoms with Gasteiger partial charge < -0.3 is 25.2 Å². The van der Waals surface area contributed by atoms with Crippen LogP contribution in [0.3, 0.4) is 0 Å². The Balaban J connectivity index is 1.15. The molecule has 2 aromatic rings. The van der Waals surface area contributed by atoms with Crippen LogP contribution in [0.4, 0.5) is 4.39 Å². The van der Waals surface area contributed by atoms with Gasteiger partial charge in [0.1, 0.15) is 29.0 Å². The molecule has 0 bridgehead atoms. The molecular formula is C29H36FN3O5S. The second kappa shape index (κ2) is 12.9. The van der Waals surface area contributed by atoms with E-state index < -0.39 is 11.7 Å². The Morgan fingerprint density at radius 1 is 0.846 bits per heavy atom. The van der Waals surface area contributed by atoms with Crippen molar-refractivity contribution in [3.63, 3.8) is 0 Å². The summed E-state index contributed by atoms with van der Waals surface area (Å²) >= 11 is 1.87. The molecule has 2 aliphatic carbocycles. The minimum Gasteiger partial charge on any atom is -0.508 e. The molecule has 2 saturated carbocycles. The standard InChI is InChI=1S/C29H36FN3O5S/c30-18-15-25(29(31-17-18)38-23-11-13-39-14-12-23)28(36)33-20-7-5-19(6-8-20)32-27(35)24-10-9-21(34)16-26(24)37-22-3-1-2-4-22/h9-10,15-17,19-20,22-23,34H,1-8,11-14H2,(H,32,35)(H,33,36). The predicted molar refractivity (Wildman–Crippen MR) is 147 cm³/mol. The number of pyridine rings is 1. The molecule has 1 saturated heterocycles. The molecule has 1 aromatic heterocycles. The number of hydrogen-bond donors (Lipinski definition) is 3. The Morgan fingerprint density at radius 2 is 1.46 bits per heavy atom. The van der Waals surface area contributed by atoms with E-state index in [4.69, 9.17) is 9.47 Å². The maximum absolute atomic E-state index is 14.0. The zero-order valence-corrected chi connectivity index (χ0v) is 22.8. The van der Waals surface area contributed by atoms with Crippen molar-refractivity contribution in [2.45, 2.75) is 88.5 Å². The summed E-state index contributed by atoms with van der Waals surface area (Å²) in [5.74, 6) is 1.44. The zero-order chi connectivity index (χ0) is 27.2. The average Bonchev–Trinajstić information content (AvgIpc) is 3.44. The summed E-state index contributed by atoms with van der Waals surface area (Å²) in [6.07, 6.45) is 9.72. The van der Waals surface area contributed by atoms with Crippen molar-refractivity contribution in [3.05, 3.63) is 47.4 Å². The van der Waals surface area contributed by atoms with Crippen molar-refractivity contribution < 1.29 is 28.6 Å². The lowest BCUT2D eigenvalue weighted by atomic mass is 9.90. The van der Waals surface area contributed by atoms with E-state index in [-0.39, 0.29) is 47.4 Å². The summed E-state index contributed by atoms with van der Waals surface area (Å²) in [7, 11) is 0. The molecule has 3 N–H and O–H groups in total. The predicted octanol–water partition coefficient (Wildman–Crippen LogP) is 4.99. The highest BCUT2D eigenvalue weighted by atomic mass is 32.2. The molecule has 0 atom stereocenters. The van der Waals surface area contributed by atoms with Crippen molar-refractivity contribution in [1.29, 1.82) is 0 Å². The molecular weight excluding hydrogens is 521 g/mol. The quantitative estimate of drug-likeness (QED) is 0.419. The van der Waals surface area contributed by atoms with Gasteiger partial charge in [-0.1, -0.05) is 0 Å². The zero-order valence-electron chi connectivity index (χ0n) is 22.0. The fourth-order valence-electron chi connectivity index (χ4n) is 5.53. The molecule has 210 valence electrons. The molecule has 3 aliphatic rings. The SMILES string of the molecule is O=C(NC1CCC(NC(=O)c2cc(F)cnc2OC2CCSCC2)CC1)c1ccc(O)cc1OC1CCCC1. The highest BCUT2D eigenvalue weighted by Crippen LogP contribution is 2.30. The highest BCUT2D eigenvalue weighted by molar-refractivity contribution is 7.99. The van der Waals surface area contributed by atoms with Crippen molar-refractivity contribution in [3.8, 4) is 17.4 Å². The van der Waals surface area contributed by atoms with Crippen LogP contribution in [0.25, 0.3) is 0 Å². The summed E-state index contributed by atoms with van der Waals surface area (Å²) in [5, 5.41) is 16.0. The lowest BCUT2D eigenvalue weighted by Crippen LogP contribution is -2.44. The molecule has 0 unspecified atom stereocenters. The van der Waals surface area contributed by atoms with Gasteiger partial charge in [-0.25, -0.2) is 9.37 Å². The fraction of sp³-hybridized carbons (Fsp3) is 0.552. The number of phenols is 1. The summed E-state index contributed by atoms with van der Waals surface area (Å²) in [6.45, 7) is 0. The number of rotatable bonds is 8. The van der Waals surface area contributed by atoms with E-state index in [0.717, 1.165) is 56.2 Å². The molecule has 8 nitrogen and oxygen atoms in total. The van der Waals surface area contributed by atoms with Crippen LogP contribution < -0.4 is 20.1 Å². The number of ether oxygens (including phenoxy) is 2. The molecule has 10 heteroatoms. The maximum Gasteiger partial charge on any atom is 0.257 e. The van der Waals surface area contributed by atoms with Crippen LogP contribution in [-0.2, 0) is 0 Å². The van der Waals surface area contributed by atoms with E-state index in [1.807, 2.05) is 11.8 Å². The third-order valence-electron chi connectivity index (χ3n) is 7.71. The van der Waals surface area contributed by atoms with Crippen molar-refractivity contribution >= 4 is 23.6 Å². The van der Waals surface area contributed by atoms with Crippen molar-refractivity contribution in [2.75, 3.05) is 11.5 Å². The van der Waals surface area contributed by atoms with E-state index >= 15 is 0 Å². The summed E-state index contributed by atoms with van der Waals surface area (Å²) in [6, 6.07) is 5.64. The number of benzene rings is 1. The molecule has 1 aromatic carbocycles. The number of aromatic nitrogens is 1. The van der Waals surface area contributed by atoms with Gasteiger partial charge >= 0.3 is 0 Å². The van der Waals surface area contributed by atoms with Crippen LogP contribution in [0.5, 0.6) is 17.4 Å². The third kappa shape index (κ3) is 7.35. The van der Waals surface area contributed by atoms with E-state index in [1.54, 1.807) is 6.07 Å². The number of nitrogens with zero attached hydrogens (tertiary/aromatic N) is 1. The summed E-state index contributed by atoms with van der Waals surface area (Å²) in [5.41, 5.74) is 0.531. The fourth-order valence-corrected chi connectivity index (χ4v) is 6.59. The summed E-state index contributed by atoms with van der Waals surface area (Å²) in [4.78, 5) is 30.2. The number of amides is 2. The Bertz CT molecular complexity index is 1160. The average molecular weight is 558 g/mol. The first-order chi connectivity index (χ1) is 18.9. The van der Waals surface area contributed by atoms with E-state index in [2.05, 4.69) is 15.6 Å². The van der Waals surface area contributed by atoms with Crippen molar-refractivity contribution in [1.82, 2.24) is 15.6 Å². The van der Waals surface area contributed by atoms with Gasteiger partial charge in [-0.05, 0) is 93.9 Å². The van der Waals surface area contributed by atoms with Crippen LogP contribution in [0, 0.1) is 5.82 Å². The molecule has 2 amide bonds. The van der Waals surface area contributed by atoms with Gasteiger partial charge in [-0.3, -0.25) is 9.59 Å². The van der Waals surface area contributed by atoms with Gasteiger partial charge in [0.25, 0.3) is 11.8 Å². The van der Waals surface area contributed by atoms with Gasteiger partial charge in [-0.15, -0.1) is 0 Å². The monoisotopic (exact) mass is 557 g/mol. The largest absolute Gasteiger partial charge is 0.508 e. The van der Waals surface area contributed by atoms with Crippen LogP contribution >= 0.6 is 11.8 Å². The van der Waals surface area contributed by atoms with Crippen LogP contribution in [0.15, 0.2) is 30.5 Å². The summed E-state index contributed by atoms with van der Waals surface area (Å²) < 4.78 is 26.0. The number of phenolic OH excluding ortho intramolecular Hbond substituents is 1. The minimum absolute atomic E-state index is 0.0209. The Morgan fingerprint density at radius 3 is 2.13 bits per heavy atom. The molecule has 0 radical (unpaired) electrons. The normalized spacial score (nSPS) is 22.3. The highest BCUT2D eigenvalue weighted by Gasteiger charge is 2.28. The molecule has 0 spiro atoms.